The van der Waals surface area contributed by atoms with E-state index in [0.29, 0.717) is 10.6 Å². The van der Waals surface area contributed by atoms with E-state index in [2.05, 4.69) is 12.2 Å². The zero-order chi connectivity index (χ0) is 14.5. The predicted molar refractivity (Wildman–Crippen MR) is 80.9 cm³/mol. The number of nitriles is 1. The van der Waals surface area contributed by atoms with Gasteiger partial charge in [0.25, 0.3) is 0 Å². The van der Waals surface area contributed by atoms with Crippen LogP contribution in [-0.4, -0.2) is 5.11 Å². The molecule has 2 rings (SSSR count). The van der Waals surface area contributed by atoms with Crippen LogP contribution in [0.15, 0.2) is 42.5 Å². The largest absolute Gasteiger partial charge is 0.508 e. The topological polar surface area (TPSA) is 56.0 Å². The molecule has 20 heavy (non-hydrogen) atoms. The second-order valence-corrected chi connectivity index (χ2v) is 4.91. The summed E-state index contributed by atoms with van der Waals surface area (Å²) in [5.41, 5.74) is 2.43. The summed E-state index contributed by atoms with van der Waals surface area (Å²) in [5.74, 6) is 0.255. The van der Waals surface area contributed by atoms with Crippen molar-refractivity contribution in [2.24, 2.45) is 0 Å². The standard InChI is InChI=1S/C16H15ClN2O/c1-2-16(11-4-7-14(20)8-5-11)19-13-6-3-12(10-18)15(17)9-13/h3-9,16,19-20H,2H2,1H3. The van der Waals surface area contributed by atoms with Gasteiger partial charge < -0.3 is 10.4 Å². The fourth-order valence-corrected chi connectivity index (χ4v) is 2.25. The average Bonchev–Trinajstić information content (AvgIpc) is 2.46. The molecule has 0 aliphatic carbocycles. The maximum atomic E-state index is 9.33. The fourth-order valence-electron chi connectivity index (χ4n) is 2.02. The van der Waals surface area contributed by atoms with E-state index in [1.54, 1.807) is 24.3 Å². The number of phenols is 1. The third kappa shape index (κ3) is 3.23. The van der Waals surface area contributed by atoms with Gasteiger partial charge in [0.15, 0.2) is 0 Å². The highest BCUT2D eigenvalue weighted by molar-refractivity contribution is 6.32. The number of hydrogen-bond acceptors (Lipinski definition) is 3. The molecule has 2 N–H and O–H groups in total. The Labute approximate surface area is 123 Å². The molecular weight excluding hydrogens is 272 g/mol. The normalized spacial score (nSPS) is 11.7. The molecule has 0 radical (unpaired) electrons. The molecule has 1 atom stereocenters. The first kappa shape index (κ1) is 14.2. The summed E-state index contributed by atoms with van der Waals surface area (Å²) < 4.78 is 0. The summed E-state index contributed by atoms with van der Waals surface area (Å²) in [4.78, 5) is 0. The summed E-state index contributed by atoms with van der Waals surface area (Å²) in [6.45, 7) is 2.08. The first-order chi connectivity index (χ1) is 9.63. The number of halogens is 1. The molecule has 2 aromatic rings. The van der Waals surface area contributed by atoms with Gasteiger partial charge in [0.2, 0.25) is 0 Å². The predicted octanol–water partition coefficient (Wildman–Crippen LogP) is 4.48. The van der Waals surface area contributed by atoms with Gasteiger partial charge in [0.1, 0.15) is 11.8 Å². The molecule has 0 saturated carbocycles. The van der Waals surface area contributed by atoms with Crippen LogP contribution in [0.3, 0.4) is 0 Å². The van der Waals surface area contributed by atoms with Crippen molar-refractivity contribution in [1.82, 2.24) is 0 Å². The maximum Gasteiger partial charge on any atom is 0.115 e. The maximum absolute atomic E-state index is 9.33. The van der Waals surface area contributed by atoms with Gasteiger partial charge in [-0.1, -0.05) is 30.7 Å². The van der Waals surface area contributed by atoms with Crippen molar-refractivity contribution in [2.45, 2.75) is 19.4 Å². The fraction of sp³-hybridized carbons (Fsp3) is 0.188. The van der Waals surface area contributed by atoms with Crippen molar-refractivity contribution in [2.75, 3.05) is 5.32 Å². The molecule has 0 fully saturated rings. The Morgan fingerprint density at radius 2 is 1.95 bits per heavy atom. The lowest BCUT2D eigenvalue weighted by Gasteiger charge is -2.19. The first-order valence-corrected chi connectivity index (χ1v) is 6.77. The van der Waals surface area contributed by atoms with Crippen molar-refractivity contribution >= 4 is 17.3 Å². The van der Waals surface area contributed by atoms with E-state index < -0.39 is 0 Å². The molecule has 102 valence electrons. The molecule has 2 aromatic carbocycles. The van der Waals surface area contributed by atoms with Crippen LogP contribution in [0.1, 0.15) is 30.5 Å². The number of rotatable bonds is 4. The van der Waals surface area contributed by atoms with E-state index in [-0.39, 0.29) is 11.8 Å². The molecule has 4 heteroatoms. The first-order valence-electron chi connectivity index (χ1n) is 6.39. The van der Waals surface area contributed by atoms with Crippen LogP contribution in [-0.2, 0) is 0 Å². The number of phenolic OH excluding ortho intramolecular Hbond substituents is 1. The average molecular weight is 287 g/mol. The summed E-state index contributed by atoms with van der Waals surface area (Å²) >= 11 is 6.03. The Bertz CT molecular complexity index is 632. The number of nitrogens with one attached hydrogen (secondary N) is 1. The summed E-state index contributed by atoms with van der Waals surface area (Å²) in [6.07, 6.45) is 0.891. The molecule has 0 heterocycles. The monoisotopic (exact) mass is 286 g/mol. The summed E-state index contributed by atoms with van der Waals surface area (Å²) in [5, 5.41) is 22.0. The smallest absolute Gasteiger partial charge is 0.115 e. The Kier molecular flexibility index (Phi) is 4.49. The zero-order valence-corrected chi connectivity index (χ0v) is 11.9. The van der Waals surface area contributed by atoms with Crippen LogP contribution < -0.4 is 5.32 Å². The van der Waals surface area contributed by atoms with Gasteiger partial charge in [-0.15, -0.1) is 0 Å². The van der Waals surface area contributed by atoms with Crippen LogP contribution in [0, 0.1) is 11.3 Å². The van der Waals surface area contributed by atoms with Crippen LogP contribution in [0.25, 0.3) is 0 Å². The number of aromatic hydroxyl groups is 1. The number of hydrogen-bond donors (Lipinski definition) is 2. The highest BCUT2D eigenvalue weighted by Crippen LogP contribution is 2.26. The van der Waals surface area contributed by atoms with E-state index in [1.165, 1.54) is 0 Å². The van der Waals surface area contributed by atoms with Gasteiger partial charge in [0, 0.05) is 5.69 Å². The minimum atomic E-state index is 0.125. The van der Waals surface area contributed by atoms with Gasteiger partial charge >= 0.3 is 0 Å². The lowest BCUT2D eigenvalue weighted by molar-refractivity contribution is 0.475. The molecule has 0 aromatic heterocycles. The number of anilines is 1. The molecule has 0 saturated heterocycles. The molecule has 0 bridgehead atoms. The Balaban J connectivity index is 2.20. The molecule has 0 aliphatic heterocycles. The van der Waals surface area contributed by atoms with E-state index in [4.69, 9.17) is 16.9 Å². The van der Waals surface area contributed by atoms with Gasteiger partial charge in [-0.2, -0.15) is 5.26 Å². The Morgan fingerprint density at radius 3 is 2.50 bits per heavy atom. The van der Waals surface area contributed by atoms with Crippen molar-refractivity contribution in [1.29, 1.82) is 5.26 Å². The van der Waals surface area contributed by atoms with E-state index in [1.807, 2.05) is 24.3 Å². The molecule has 0 amide bonds. The van der Waals surface area contributed by atoms with E-state index in [9.17, 15) is 5.11 Å². The van der Waals surface area contributed by atoms with Gasteiger partial charge in [-0.05, 0) is 42.3 Å². The quantitative estimate of drug-likeness (QED) is 0.871. The minimum Gasteiger partial charge on any atom is -0.508 e. The molecule has 3 nitrogen and oxygen atoms in total. The van der Waals surface area contributed by atoms with Crippen molar-refractivity contribution in [3.63, 3.8) is 0 Å². The third-order valence-electron chi connectivity index (χ3n) is 3.13. The Hall–Kier alpha value is -2.18. The van der Waals surface area contributed by atoms with Crippen molar-refractivity contribution in [3.05, 3.63) is 58.6 Å². The van der Waals surface area contributed by atoms with E-state index >= 15 is 0 Å². The number of benzene rings is 2. The van der Waals surface area contributed by atoms with Crippen molar-refractivity contribution in [3.8, 4) is 11.8 Å². The van der Waals surface area contributed by atoms with Gasteiger partial charge in [-0.3, -0.25) is 0 Å². The Morgan fingerprint density at radius 1 is 1.25 bits per heavy atom. The van der Waals surface area contributed by atoms with Crippen LogP contribution >= 0.6 is 11.6 Å². The number of nitrogens with zero attached hydrogens (tertiary/aromatic N) is 1. The van der Waals surface area contributed by atoms with Gasteiger partial charge in [0.05, 0.1) is 16.6 Å². The highest BCUT2D eigenvalue weighted by Gasteiger charge is 2.10. The van der Waals surface area contributed by atoms with Crippen LogP contribution in [0.2, 0.25) is 5.02 Å². The SMILES string of the molecule is CCC(Nc1ccc(C#N)c(Cl)c1)c1ccc(O)cc1. The lowest BCUT2D eigenvalue weighted by atomic mass is 10.0. The molecule has 1 unspecified atom stereocenters. The molecule has 0 aliphatic rings. The van der Waals surface area contributed by atoms with Gasteiger partial charge in [-0.25, -0.2) is 0 Å². The van der Waals surface area contributed by atoms with Crippen LogP contribution in [0.5, 0.6) is 5.75 Å². The third-order valence-corrected chi connectivity index (χ3v) is 3.45. The zero-order valence-electron chi connectivity index (χ0n) is 11.1. The molecule has 0 spiro atoms. The summed E-state index contributed by atoms with van der Waals surface area (Å²) in [6, 6.07) is 14.6. The second kappa shape index (κ2) is 6.31. The highest BCUT2D eigenvalue weighted by atomic mass is 35.5. The summed E-state index contributed by atoms with van der Waals surface area (Å²) in [7, 11) is 0. The van der Waals surface area contributed by atoms with Crippen LogP contribution in [0.4, 0.5) is 5.69 Å². The molecular formula is C16H15ClN2O. The lowest BCUT2D eigenvalue weighted by Crippen LogP contribution is -2.09. The minimum absolute atomic E-state index is 0.125. The second-order valence-electron chi connectivity index (χ2n) is 4.50. The van der Waals surface area contributed by atoms with Crippen molar-refractivity contribution < 1.29 is 5.11 Å². The van der Waals surface area contributed by atoms with E-state index in [0.717, 1.165) is 17.7 Å².